The van der Waals surface area contributed by atoms with Crippen molar-refractivity contribution in [3.63, 3.8) is 0 Å². The van der Waals surface area contributed by atoms with Crippen molar-refractivity contribution in [2.24, 2.45) is 0 Å². The van der Waals surface area contributed by atoms with Crippen molar-refractivity contribution in [2.75, 3.05) is 32.7 Å². The lowest BCUT2D eigenvalue weighted by atomic mass is 10.2. The number of ether oxygens (including phenoxy) is 4. The second-order valence-corrected chi connectivity index (χ2v) is 40.3. The first-order valence-corrected chi connectivity index (χ1v) is 42.9. The number of hydrogen-bond acceptors (Lipinski definition) is 22. The van der Waals surface area contributed by atoms with E-state index >= 15 is 0 Å². The summed E-state index contributed by atoms with van der Waals surface area (Å²) in [6.07, 6.45) is 3.83. The molecule has 4 fully saturated rings. The van der Waals surface area contributed by atoms with Gasteiger partial charge in [0.25, 0.3) is 0 Å². The lowest BCUT2D eigenvalue weighted by Crippen LogP contribution is -2.27. The zero-order valence-electron chi connectivity index (χ0n) is 65.9. The molecular weight excluding hydrogens is 1600 g/mol. The summed E-state index contributed by atoms with van der Waals surface area (Å²) in [5.41, 5.74) is 11.6. The third-order valence-corrected chi connectivity index (χ3v) is 24.6. The predicted octanol–water partition coefficient (Wildman–Crippen LogP) is 19.2. The molecule has 4 atom stereocenters. The largest absolute Gasteiger partial charge is 0.444 e. The molecule has 4 saturated carbocycles. The molecule has 0 aromatic heterocycles. The molecule has 5 aliphatic carbocycles. The van der Waals surface area contributed by atoms with Crippen molar-refractivity contribution in [2.45, 2.75) is 258 Å². The van der Waals surface area contributed by atoms with Gasteiger partial charge in [-0.1, -0.05) is 42.5 Å². The van der Waals surface area contributed by atoms with Gasteiger partial charge >= 0.3 is 24.4 Å². The minimum absolute atomic E-state index is 0.00410. The number of alkyl halides is 4. The van der Waals surface area contributed by atoms with Gasteiger partial charge in [-0.15, -0.1) is 37.0 Å². The average Bonchev–Trinajstić information content (AvgIpc) is 1.60. The highest BCUT2D eigenvalue weighted by Crippen LogP contribution is 2.42. The molecule has 0 spiro atoms. The van der Waals surface area contributed by atoms with E-state index in [0.29, 0.717) is 59.5 Å². The van der Waals surface area contributed by atoms with Gasteiger partial charge in [0.2, 0.25) is 11.8 Å². The number of rotatable bonds is 12. The number of hydrogen-bond donors (Lipinski definition) is 8. The smallest absolute Gasteiger partial charge is 0.412 e. The highest BCUT2D eigenvalue weighted by atomic mass is 32.2. The maximum atomic E-state index is 13.3. The summed E-state index contributed by atoms with van der Waals surface area (Å²) in [6.45, 7) is 21.3. The van der Waals surface area contributed by atoms with Crippen LogP contribution in [-0.2, 0) is 62.8 Å². The number of nitrogen functional groups attached to an aromatic ring is 2. The van der Waals surface area contributed by atoms with Crippen LogP contribution in [0.3, 0.4) is 0 Å². The fraction of sp³-hybridized carbons (Fsp3) is 0.444. The van der Waals surface area contributed by atoms with Gasteiger partial charge < -0.3 is 30.4 Å². The molecule has 5 aliphatic rings. The van der Waals surface area contributed by atoms with Gasteiger partial charge in [0, 0.05) is 112 Å². The molecule has 4 unspecified atom stereocenters. The number of nitrogens with two attached hydrogens (primary N) is 2. The van der Waals surface area contributed by atoms with Crippen LogP contribution in [0.2, 0.25) is 0 Å². The monoisotopic (exact) mass is 1700 g/mol. The maximum absolute atomic E-state index is 13.3. The third kappa shape index (κ3) is 35.6. The summed E-state index contributed by atoms with van der Waals surface area (Å²) in [4.78, 5) is 82.2. The molecule has 0 saturated heterocycles. The van der Waals surface area contributed by atoms with Crippen LogP contribution in [0.25, 0.3) is 0 Å². The Kier molecular flexibility index (Phi) is 35.2. The normalized spacial score (nSPS) is 18.2. The molecular formula is C81H104F4N6O17S6. The van der Waals surface area contributed by atoms with Crippen LogP contribution in [0, 0.1) is 0 Å². The average molecular weight is 1700 g/mol. The Morgan fingerprint density at radius 3 is 1.11 bits per heavy atom. The number of thioether (sulfide) groups is 1. The summed E-state index contributed by atoms with van der Waals surface area (Å²) < 4.78 is 148. The number of nitrogens with one attached hydrogen (secondary N) is 4. The SMILES string of the molecule is CC(C)(C)OC(=O)Nc1cccc(S(=O)(=O)C2CCC(=O)C2)c1.CC(C)(C)OC(=O)Nc1cccc(S(=O)(=O)C2CCC(F)(F)C2)c1.CC(C)(C)OC(=O)Nc1cccc(S)c1.CC(C)(C)OC(=O)Nc1cccc(SC2CCC(=O)C2)c1.Nc1cccc(S(=O)(=O)C2CCC(F)(F)C2)c1.Nc1cccc(S)c1.O=C1C=CCC1. The Morgan fingerprint density at radius 1 is 0.439 bits per heavy atom. The van der Waals surface area contributed by atoms with Crippen LogP contribution in [0.1, 0.15) is 173 Å². The molecule has 624 valence electrons. The first-order valence-electron chi connectivity index (χ1n) is 36.5. The summed E-state index contributed by atoms with van der Waals surface area (Å²) >= 11 is 9.94. The fourth-order valence-electron chi connectivity index (χ4n) is 11.2. The number of halogens is 4. The number of carbonyl (C=O) groups excluding carboxylic acids is 7. The van der Waals surface area contributed by atoms with Crippen LogP contribution in [0.15, 0.2) is 187 Å². The highest BCUT2D eigenvalue weighted by Gasteiger charge is 2.47. The second-order valence-electron chi connectivity index (χ2n) is 31.2. The summed E-state index contributed by atoms with van der Waals surface area (Å²) in [7, 11) is -11.1. The van der Waals surface area contributed by atoms with Crippen LogP contribution >= 0.6 is 37.0 Å². The summed E-state index contributed by atoms with van der Waals surface area (Å²) in [5, 5.41) is 7.90. The van der Waals surface area contributed by atoms with Gasteiger partial charge in [-0.25, -0.2) is 62.0 Å². The number of allylic oxidation sites excluding steroid dienone is 2. The summed E-state index contributed by atoms with van der Waals surface area (Å²) in [6, 6.07) is 39.5. The molecule has 0 radical (unpaired) electrons. The molecule has 33 heteroatoms. The van der Waals surface area contributed by atoms with Gasteiger partial charge in [-0.05, 0) is 230 Å². The number of sulfone groups is 3. The number of carbonyl (C=O) groups is 7. The zero-order valence-corrected chi connectivity index (χ0v) is 70.9. The summed E-state index contributed by atoms with van der Waals surface area (Å²) in [5.74, 6) is -5.21. The number of thiol groups is 2. The Bertz CT molecular complexity index is 4700. The third-order valence-electron chi connectivity index (χ3n) is 16.2. The van der Waals surface area contributed by atoms with Gasteiger partial charge in [0.15, 0.2) is 35.3 Å². The zero-order chi connectivity index (χ0) is 85.4. The Hall–Kier alpha value is -8.63. The minimum atomic E-state index is -3.88. The van der Waals surface area contributed by atoms with Crippen molar-refractivity contribution >= 4 is 142 Å². The van der Waals surface area contributed by atoms with E-state index in [9.17, 15) is 76.4 Å². The number of Topliss-reactive ketones (excluding diaryl/α,β-unsaturated/α-hetero) is 2. The van der Waals surface area contributed by atoms with Crippen LogP contribution in [0.4, 0.5) is 70.9 Å². The molecule has 0 aliphatic heterocycles. The molecule has 0 bridgehead atoms. The van der Waals surface area contributed by atoms with E-state index in [1.165, 1.54) is 54.6 Å². The molecule has 0 heterocycles. The highest BCUT2D eigenvalue weighted by molar-refractivity contribution is 8.00. The number of ketones is 3. The van der Waals surface area contributed by atoms with Gasteiger partial charge in [-0.2, -0.15) is 0 Å². The van der Waals surface area contributed by atoms with Crippen molar-refractivity contribution in [1.82, 2.24) is 0 Å². The molecule has 114 heavy (non-hydrogen) atoms. The van der Waals surface area contributed by atoms with Crippen LogP contribution in [0.5, 0.6) is 0 Å². The fourth-order valence-corrected chi connectivity index (χ4v) is 18.4. The van der Waals surface area contributed by atoms with Gasteiger partial charge in [0.05, 0.1) is 30.4 Å². The number of amides is 4. The van der Waals surface area contributed by atoms with E-state index in [-0.39, 0.29) is 57.6 Å². The van der Waals surface area contributed by atoms with Gasteiger partial charge in [-0.3, -0.25) is 35.7 Å². The maximum Gasteiger partial charge on any atom is 0.412 e. The number of anilines is 6. The first-order chi connectivity index (χ1) is 52.6. The quantitative estimate of drug-likeness (QED) is 0.0244. The molecule has 23 nitrogen and oxygen atoms in total. The molecule has 11 rings (SSSR count). The van der Waals surface area contributed by atoms with E-state index < -0.39 is 123 Å². The van der Waals surface area contributed by atoms with E-state index in [0.717, 1.165) is 39.6 Å². The standard InChI is InChI=1S/C16H21F2NO4S.C16H21NO5S.C16H21NO3S.C11H13F2NO2S.C11H15NO2S.C6H7NS.C5H6O/c1-15(2,3)23-14(20)19-11-5-4-6-12(9-11)24(21,22)13-7-8-16(17,18)10-13;1-16(2,3)22-15(19)17-11-5-4-6-13(9-11)23(20,21)14-8-7-12(18)10-14;1-16(2,3)20-15(19)17-11-5-4-6-13(9-11)21-14-8-7-12(18)10-14;12-11(13)5-4-10(7-11)17(15,16)9-3-1-2-8(14)6-9;1-11(2,3)14-10(13)12-8-5-4-6-9(15)7-8;7-5-2-1-3-6(8)4-5;6-5-3-1-2-4-5/h4-6,9,13H,7-8,10H2,1-3H3,(H,19,20);4-6,9,14H,7-8,10H2,1-3H3,(H,17,19);4-6,9,14H,7-8,10H2,1-3H3,(H,17,19);1-3,6,10H,4-5,7,14H2;4-7,15H,1-3H3,(H,12,13);1-4,8H,7H2;1,3H,2,4H2. The van der Waals surface area contributed by atoms with Crippen LogP contribution in [-0.4, -0.2) is 122 Å². The Labute approximate surface area is 681 Å². The van der Waals surface area contributed by atoms with E-state index in [1.54, 1.807) is 89.7 Å². The first kappa shape index (κ1) is 96.0. The Balaban J connectivity index is 0.000000245. The predicted molar refractivity (Wildman–Crippen MR) is 443 cm³/mol. The lowest BCUT2D eigenvalue weighted by molar-refractivity contribution is -0.118. The topological polar surface area (TPSA) is 359 Å². The second kappa shape index (κ2) is 41.8. The minimum Gasteiger partial charge on any atom is -0.444 e. The molecule has 4 amide bonds. The van der Waals surface area contributed by atoms with Crippen molar-refractivity contribution in [3.8, 4) is 0 Å². The molecule has 6 aromatic rings. The van der Waals surface area contributed by atoms with Crippen molar-refractivity contribution < 1.29 is 95.3 Å². The van der Waals surface area contributed by atoms with Gasteiger partial charge in [0.1, 0.15) is 34.0 Å². The molecule has 8 N–H and O–H groups in total. The van der Waals surface area contributed by atoms with Crippen LogP contribution < -0.4 is 32.7 Å². The Morgan fingerprint density at radius 2 is 0.789 bits per heavy atom. The number of benzene rings is 6. The van der Waals surface area contributed by atoms with E-state index in [4.69, 9.17) is 30.4 Å². The van der Waals surface area contributed by atoms with E-state index in [2.05, 4.69) is 46.5 Å². The van der Waals surface area contributed by atoms with E-state index in [1.807, 2.05) is 108 Å². The van der Waals surface area contributed by atoms with Crippen molar-refractivity contribution in [3.05, 3.63) is 158 Å². The lowest BCUT2D eigenvalue weighted by Gasteiger charge is -2.20. The molecule has 6 aromatic carbocycles. The van der Waals surface area contributed by atoms with Crippen molar-refractivity contribution in [1.29, 1.82) is 0 Å².